The highest BCUT2D eigenvalue weighted by Crippen LogP contribution is 2.26. The van der Waals surface area contributed by atoms with Gasteiger partial charge >= 0.3 is 0 Å². The minimum absolute atomic E-state index is 0.0707. The van der Waals surface area contributed by atoms with E-state index in [1.54, 1.807) is 0 Å². The lowest BCUT2D eigenvalue weighted by atomic mass is 9.98. The molecule has 3 rings (SSSR count). The normalized spacial score (nSPS) is 16.8. The molecule has 0 N–H and O–H groups in total. The molecule has 2 aromatic carbocycles. The van der Waals surface area contributed by atoms with Crippen molar-refractivity contribution in [2.75, 3.05) is 24.5 Å². The molecule has 1 heterocycles. The van der Waals surface area contributed by atoms with E-state index in [1.165, 1.54) is 5.56 Å². The number of para-hydroxylation sites is 1. The van der Waals surface area contributed by atoms with Gasteiger partial charge < -0.3 is 9.80 Å². The number of anilines is 1. The number of carbonyl (C=O) groups excluding carboxylic acids is 1. The predicted octanol–water partition coefficient (Wildman–Crippen LogP) is 4.77. The number of piperidine rings is 1. The maximum Gasteiger partial charge on any atom is 0.230 e. The van der Waals surface area contributed by atoms with Crippen molar-refractivity contribution in [3.63, 3.8) is 0 Å². The summed E-state index contributed by atoms with van der Waals surface area (Å²) >= 11 is 0. The Morgan fingerprint density at radius 2 is 1.63 bits per heavy atom. The van der Waals surface area contributed by atoms with Crippen LogP contribution in [0.4, 0.5) is 5.69 Å². The van der Waals surface area contributed by atoms with Gasteiger partial charge in [0.15, 0.2) is 0 Å². The molecule has 1 saturated heterocycles. The van der Waals surface area contributed by atoms with Gasteiger partial charge in [0, 0.05) is 37.3 Å². The van der Waals surface area contributed by atoms with Crippen molar-refractivity contribution >= 4 is 11.6 Å². The van der Waals surface area contributed by atoms with E-state index >= 15 is 0 Å². The van der Waals surface area contributed by atoms with Gasteiger partial charge in [-0.05, 0) is 43.4 Å². The molecule has 1 atom stereocenters. The van der Waals surface area contributed by atoms with Crippen molar-refractivity contribution in [1.82, 2.24) is 4.90 Å². The third-order valence-electron chi connectivity index (χ3n) is 5.79. The van der Waals surface area contributed by atoms with Crippen LogP contribution in [0.25, 0.3) is 0 Å². The smallest absolute Gasteiger partial charge is 0.230 e. The van der Waals surface area contributed by atoms with Crippen molar-refractivity contribution < 1.29 is 4.79 Å². The second-order valence-corrected chi connectivity index (χ2v) is 7.66. The first-order valence-corrected chi connectivity index (χ1v) is 10.3. The molecule has 1 fully saturated rings. The Labute approximate surface area is 164 Å². The number of benzene rings is 2. The molecular weight excluding hydrogens is 332 g/mol. The van der Waals surface area contributed by atoms with E-state index in [1.807, 2.05) is 25.1 Å². The zero-order valence-electron chi connectivity index (χ0n) is 16.7. The average molecular weight is 365 g/mol. The fourth-order valence-electron chi connectivity index (χ4n) is 3.85. The Hall–Kier alpha value is -2.13. The van der Waals surface area contributed by atoms with Crippen LogP contribution in [0.1, 0.15) is 38.7 Å². The lowest BCUT2D eigenvalue weighted by Crippen LogP contribution is -2.49. The first-order chi connectivity index (χ1) is 13.2. The molecule has 0 aromatic heterocycles. The molecule has 0 radical (unpaired) electrons. The molecule has 1 amide bonds. The van der Waals surface area contributed by atoms with Crippen molar-refractivity contribution in [1.29, 1.82) is 0 Å². The van der Waals surface area contributed by atoms with Crippen molar-refractivity contribution in [3.8, 4) is 0 Å². The highest BCUT2D eigenvalue weighted by atomic mass is 16.2. The number of rotatable bonds is 7. The fourth-order valence-corrected chi connectivity index (χ4v) is 3.85. The summed E-state index contributed by atoms with van der Waals surface area (Å²) in [5, 5.41) is 0. The molecule has 1 aliphatic rings. The maximum atomic E-state index is 13.1. The number of hydrogen-bond acceptors (Lipinski definition) is 2. The molecule has 3 heteroatoms. The molecule has 144 valence electrons. The zero-order chi connectivity index (χ0) is 19.1. The second-order valence-electron chi connectivity index (χ2n) is 7.66. The molecule has 3 nitrogen and oxygen atoms in total. The van der Waals surface area contributed by atoms with Gasteiger partial charge in [0.2, 0.25) is 5.91 Å². The first-order valence-electron chi connectivity index (χ1n) is 10.3. The molecular formula is C24H32N2O. The van der Waals surface area contributed by atoms with Crippen LogP contribution in [0.5, 0.6) is 0 Å². The molecule has 1 aliphatic heterocycles. The molecule has 2 aromatic rings. The molecule has 0 aliphatic carbocycles. The number of likely N-dealkylation sites (tertiary alicyclic amines) is 1. The van der Waals surface area contributed by atoms with Crippen molar-refractivity contribution in [2.45, 2.75) is 45.6 Å². The quantitative estimate of drug-likeness (QED) is 0.706. The van der Waals surface area contributed by atoms with E-state index in [0.717, 1.165) is 51.0 Å². The third-order valence-corrected chi connectivity index (χ3v) is 5.79. The lowest BCUT2D eigenvalue weighted by molar-refractivity contribution is -0.122. The summed E-state index contributed by atoms with van der Waals surface area (Å²) in [4.78, 5) is 17.7. The van der Waals surface area contributed by atoms with E-state index in [4.69, 9.17) is 0 Å². The Morgan fingerprint density at radius 1 is 1.04 bits per heavy atom. The van der Waals surface area contributed by atoms with Gasteiger partial charge in [-0.3, -0.25) is 4.79 Å². The first kappa shape index (κ1) is 19.6. The highest BCUT2D eigenvalue weighted by molar-refractivity contribution is 5.95. The zero-order valence-corrected chi connectivity index (χ0v) is 16.7. The van der Waals surface area contributed by atoms with Gasteiger partial charge in [-0.1, -0.05) is 62.4 Å². The van der Waals surface area contributed by atoms with Crippen LogP contribution in [0, 0.1) is 5.92 Å². The molecule has 0 saturated carbocycles. The van der Waals surface area contributed by atoms with E-state index < -0.39 is 0 Å². The Kier molecular flexibility index (Phi) is 7.05. The second kappa shape index (κ2) is 9.70. The van der Waals surface area contributed by atoms with Crippen LogP contribution in [-0.2, 0) is 11.2 Å². The summed E-state index contributed by atoms with van der Waals surface area (Å²) in [5.41, 5.74) is 2.45. The molecule has 0 spiro atoms. The number of amides is 1. The Bertz CT molecular complexity index is 693. The number of carbonyl (C=O) groups is 1. The van der Waals surface area contributed by atoms with Crippen molar-refractivity contribution in [2.24, 2.45) is 5.92 Å². The van der Waals surface area contributed by atoms with Gasteiger partial charge in [0.25, 0.3) is 0 Å². The van der Waals surface area contributed by atoms with E-state index in [9.17, 15) is 4.79 Å². The van der Waals surface area contributed by atoms with Gasteiger partial charge in [0.05, 0.1) is 0 Å². The minimum atomic E-state index is 0.0707. The monoisotopic (exact) mass is 364 g/mol. The third kappa shape index (κ3) is 5.20. The summed E-state index contributed by atoms with van der Waals surface area (Å²) in [7, 11) is 0. The number of nitrogens with zero attached hydrogens (tertiary/aromatic N) is 2. The Balaban J connectivity index is 1.61. The van der Waals surface area contributed by atoms with E-state index in [2.05, 4.69) is 59.2 Å². The largest absolute Gasteiger partial charge is 0.309 e. The summed E-state index contributed by atoms with van der Waals surface area (Å²) in [6.45, 7) is 7.37. The van der Waals surface area contributed by atoms with E-state index in [-0.39, 0.29) is 11.8 Å². The van der Waals surface area contributed by atoms with Crippen LogP contribution in [0.3, 0.4) is 0 Å². The highest BCUT2D eigenvalue weighted by Gasteiger charge is 2.30. The molecule has 27 heavy (non-hydrogen) atoms. The summed E-state index contributed by atoms with van der Waals surface area (Å²) < 4.78 is 0. The minimum Gasteiger partial charge on any atom is -0.309 e. The lowest BCUT2D eigenvalue weighted by Gasteiger charge is -2.39. The average Bonchev–Trinajstić information content (AvgIpc) is 2.74. The topological polar surface area (TPSA) is 23.6 Å². The van der Waals surface area contributed by atoms with Crippen LogP contribution in [-0.4, -0.2) is 36.5 Å². The van der Waals surface area contributed by atoms with Crippen LogP contribution < -0.4 is 4.90 Å². The van der Waals surface area contributed by atoms with Crippen molar-refractivity contribution in [3.05, 3.63) is 66.2 Å². The summed E-state index contributed by atoms with van der Waals surface area (Å²) in [5.74, 6) is 0.341. The SMILES string of the molecule is CCC(C)C(=O)N(c1ccccc1)C1CCN(CCc2ccccc2)CC1. The van der Waals surface area contributed by atoms with Gasteiger partial charge in [-0.25, -0.2) is 0 Å². The van der Waals surface area contributed by atoms with Crippen LogP contribution in [0.15, 0.2) is 60.7 Å². The van der Waals surface area contributed by atoms with E-state index in [0.29, 0.717) is 6.04 Å². The van der Waals surface area contributed by atoms with Gasteiger partial charge in [-0.15, -0.1) is 0 Å². The molecule has 1 unspecified atom stereocenters. The molecule has 0 bridgehead atoms. The predicted molar refractivity (Wildman–Crippen MR) is 113 cm³/mol. The summed E-state index contributed by atoms with van der Waals surface area (Å²) in [6, 6.07) is 21.2. The Morgan fingerprint density at radius 3 is 2.22 bits per heavy atom. The number of hydrogen-bond donors (Lipinski definition) is 0. The summed E-state index contributed by atoms with van der Waals surface area (Å²) in [6.07, 6.45) is 4.08. The van der Waals surface area contributed by atoms with Crippen LogP contribution in [0.2, 0.25) is 0 Å². The van der Waals surface area contributed by atoms with Gasteiger partial charge in [-0.2, -0.15) is 0 Å². The van der Waals surface area contributed by atoms with Crippen LogP contribution >= 0.6 is 0 Å². The maximum absolute atomic E-state index is 13.1. The standard InChI is InChI=1S/C24H32N2O/c1-3-20(2)24(27)26(22-12-8-5-9-13-22)23-15-18-25(19-16-23)17-14-21-10-6-4-7-11-21/h4-13,20,23H,3,14-19H2,1-2H3. The van der Waals surface area contributed by atoms with Gasteiger partial charge in [0.1, 0.15) is 0 Å². The fraction of sp³-hybridized carbons (Fsp3) is 0.458.